The van der Waals surface area contributed by atoms with Crippen molar-refractivity contribution in [1.29, 1.82) is 0 Å². The summed E-state index contributed by atoms with van der Waals surface area (Å²) in [6.45, 7) is 0. The van der Waals surface area contributed by atoms with E-state index in [1.54, 1.807) is 0 Å². The van der Waals surface area contributed by atoms with Crippen molar-refractivity contribution in [3.05, 3.63) is 12.4 Å². The standard InChI is InChI=1S/C2HF3.HI/c3-1-2(4)5;/h1H;1H. The maximum Gasteiger partial charge on any atom is 0.298 e. The lowest BCUT2D eigenvalue weighted by Crippen LogP contribution is -1.42. The van der Waals surface area contributed by atoms with Crippen LogP contribution >= 0.6 is 24.0 Å². The fraction of sp³-hybridized carbons (Fsp3) is 0. The minimum absolute atomic E-state index is 0. The molecule has 0 radical (unpaired) electrons. The monoisotopic (exact) mass is 210 g/mol. The van der Waals surface area contributed by atoms with Gasteiger partial charge in [0.05, 0.1) is 0 Å². The van der Waals surface area contributed by atoms with E-state index in [1.807, 2.05) is 0 Å². The van der Waals surface area contributed by atoms with Gasteiger partial charge in [-0.1, -0.05) is 0 Å². The van der Waals surface area contributed by atoms with Crippen molar-refractivity contribution in [2.24, 2.45) is 0 Å². The number of hydrogen-bond donors (Lipinski definition) is 0. The third-order valence-electron chi connectivity index (χ3n) is 0.0825. The fourth-order valence-corrected chi connectivity index (χ4v) is 0. The molecule has 0 amide bonds. The van der Waals surface area contributed by atoms with Gasteiger partial charge in [-0.3, -0.25) is 0 Å². The van der Waals surface area contributed by atoms with Crippen LogP contribution in [0.3, 0.4) is 0 Å². The highest BCUT2D eigenvalue weighted by Gasteiger charge is 1.78. The first-order chi connectivity index (χ1) is 2.27. The van der Waals surface area contributed by atoms with Crippen LogP contribution in [0, 0.1) is 0 Å². The molecule has 0 N–H and O–H groups in total. The van der Waals surface area contributed by atoms with Crippen molar-refractivity contribution < 1.29 is 13.2 Å². The van der Waals surface area contributed by atoms with E-state index < -0.39 is 12.4 Å². The van der Waals surface area contributed by atoms with Crippen LogP contribution in [0.2, 0.25) is 0 Å². The molecule has 0 rings (SSSR count). The molecule has 0 saturated heterocycles. The van der Waals surface area contributed by atoms with Crippen LogP contribution in [0.1, 0.15) is 0 Å². The van der Waals surface area contributed by atoms with E-state index in [-0.39, 0.29) is 24.0 Å². The molecule has 0 spiro atoms. The second-order valence-corrected chi connectivity index (χ2v) is 0.399. The van der Waals surface area contributed by atoms with Crippen LogP contribution in [-0.2, 0) is 0 Å². The molecule has 0 aromatic heterocycles. The zero-order valence-corrected chi connectivity index (χ0v) is 4.95. The predicted molar refractivity (Wildman–Crippen MR) is 26.8 cm³/mol. The molecule has 6 heavy (non-hydrogen) atoms. The summed E-state index contributed by atoms with van der Waals surface area (Å²) in [5.41, 5.74) is 0. The summed E-state index contributed by atoms with van der Waals surface area (Å²) in [4.78, 5) is 0. The Bertz CT molecular complexity index is 46.8. The molecular formula is C2H2F3I. The highest BCUT2D eigenvalue weighted by atomic mass is 127. The summed E-state index contributed by atoms with van der Waals surface area (Å²) >= 11 is 0. The van der Waals surface area contributed by atoms with Crippen molar-refractivity contribution in [1.82, 2.24) is 0 Å². The molecule has 0 aromatic carbocycles. The van der Waals surface area contributed by atoms with Crippen LogP contribution in [-0.4, -0.2) is 0 Å². The van der Waals surface area contributed by atoms with Crippen LogP contribution in [0.15, 0.2) is 12.4 Å². The van der Waals surface area contributed by atoms with Gasteiger partial charge in [0.15, 0.2) is 6.33 Å². The van der Waals surface area contributed by atoms with E-state index in [4.69, 9.17) is 0 Å². The second-order valence-electron chi connectivity index (χ2n) is 0.399. The molecule has 0 aliphatic carbocycles. The smallest absolute Gasteiger partial charge is 0.210 e. The van der Waals surface area contributed by atoms with Crippen molar-refractivity contribution in [2.45, 2.75) is 0 Å². The average Bonchev–Trinajstić information content (AvgIpc) is 1.38. The Labute approximate surface area is 50.1 Å². The summed E-state index contributed by atoms with van der Waals surface area (Å²) < 4.78 is 30.7. The zero-order chi connectivity index (χ0) is 4.28. The van der Waals surface area contributed by atoms with E-state index in [9.17, 15) is 13.2 Å². The van der Waals surface area contributed by atoms with E-state index in [2.05, 4.69) is 0 Å². The molecule has 0 heterocycles. The molecule has 0 atom stereocenters. The van der Waals surface area contributed by atoms with E-state index in [0.29, 0.717) is 0 Å². The quantitative estimate of drug-likeness (QED) is 0.538. The van der Waals surface area contributed by atoms with Gasteiger partial charge in [-0.2, -0.15) is 8.78 Å². The Hall–Kier alpha value is 0.260. The van der Waals surface area contributed by atoms with Gasteiger partial charge in [0.25, 0.3) is 6.08 Å². The van der Waals surface area contributed by atoms with Gasteiger partial charge in [-0.05, 0) is 0 Å². The Morgan fingerprint density at radius 2 is 1.50 bits per heavy atom. The summed E-state index contributed by atoms with van der Waals surface area (Å²) in [6.07, 6.45) is -3.04. The van der Waals surface area contributed by atoms with Crippen molar-refractivity contribution >= 4 is 24.0 Å². The van der Waals surface area contributed by atoms with E-state index >= 15 is 0 Å². The summed E-state index contributed by atoms with van der Waals surface area (Å²) in [6, 6.07) is 0. The van der Waals surface area contributed by atoms with Crippen LogP contribution in [0.4, 0.5) is 13.2 Å². The zero-order valence-electron chi connectivity index (χ0n) is 2.62. The van der Waals surface area contributed by atoms with Crippen LogP contribution in [0.25, 0.3) is 0 Å². The maximum absolute atomic E-state index is 10.2. The number of rotatable bonds is 0. The molecule has 0 saturated carbocycles. The number of halogens is 4. The Balaban J connectivity index is 0. The Morgan fingerprint density at radius 1 is 1.33 bits per heavy atom. The molecule has 0 aromatic rings. The largest absolute Gasteiger partial charge is 0.298 e. The molecule has 0 bridgehead atoms. The molecule has 38 valence electrons. The molecule has 0 unspecified atom stereocenters. The van der Waals surface area contributed by atoms with Gasteiger partial charge < -0.3 is 0 Å². The molecular weight excluding hydrogens is 208 g/mol. The maximum atomic E-state index is 10.2. The lowest BCUT2D eigenvalue weighted by Gasteiger charge is -1.59. The Kier molecular flexibility index (Phi) is 8.37. The molecule has 0 nitrogen and oxygen atoms in total. The lowest BCUT2D eigenvalue weighted by atomic mass is 11.1. The van der Waals surface area contributed by atoms with Gasteiger partial charge >= 0.3 is 0 Å². The topological polar surface area (TPSA) is 0 Å². The van der Waals surface area contributed by atoms with Gasteiger partial charge in [0.2, 0.25) is 0 Å². The van der Waals surface area contributed by atoms with Crippen molar-refractivity contribution in [2.75, 3.05) is 0 Å². The van der Waals surface area contributed by atoms with Crippen LogP contribution in [0.5, 0.6) is 0 Å². The Morgan fingerprint density at radius 3 is 1.50 bits per heavy atom. The second kappa shape index (κ2) is 5.26. The van der Waals surface area contributed by atoms with Gasteiger partial charge in [0.1, 0.15) is 0 Å². The molecule has 0 aliphatic heterocycles. The third-order valence-corrected chi connectivity index (χ3v) is 0.0825. The molecule has 0 fully saturated rings. The van der Waals surface area contributed by atoms with Gasteiger partial charge in [0, 0.05) is 0 Å². The normalized spacial score (nSPS) is 5.83. The minimum atomic E-state index is -2.29. The van der Waals surface area contributed by atoms with Gasteiger partial charge in [-0.25, -0.2) is 4.39 Å². The first-order valence-electron chi connectivity index (χ1n) is 0.885. The average molecular weight is 210 g/mol. The van der Waals surface area contributed by atoms with E-state index in [0.717, 1.165) is 0 Å². The predicted octanol–water partition coefficient (Wildman–Crippen LogP) is 2.31. The van der Waals surface area contributed by atoms with Crippen LogP contribution < -0.4 is 0 Å². The van der Waals surface area contributed by atoms with E-state index in [1.165, 1.54) is 0 Å². The first-order valence-corrected chi connectivity index (χ1v) is 0.885. The highest BCUT2D eigenvalue weighted by molar-refractivity contribution is 14.0. The molecule has 0 aliphatic rings. The minimum Gasteiger partial charge on any atom is -0.210 e. The molecule has 4 heteroatoms. The first kappa shape index (κ1) is 9.54. The third kappa shape index (κ3) is 8.86. The van der Waals surface area contributed by atoms with Crippen molar-refractivity contribution in [3.8, 4) is 0 Å². The van der Waals surface area contributed by atoms with Gasteiger partial charge in [-0.15, -0.1) is 24.0 Å². The lowest BCUT2D eigenvalue weighted by molar-refractivity contribution is 0.400. The SMILES string of the molecule is FC=C(F)F.I. The fourth-order valence-electron chi connectivity index (χ4n) is 0. The van der Waals surface area contributed by atoms with Crippen molar-refractivity contribution in [3.63, 3.8) is 0 Å². The summed E-state index contributed by atoms with van der Waals surface area (Å²) in [7, 11) is 0. The summed E-state index contributed by atoms with van der Waals surface area (Å²) in [5.74, 6) is 0. The summed E-state index contributed by atoms with van der Waals surface area (Å²) in [5, 5.41) is 0. The highest BCUT2D eigenvalue weighted by Crippen LogP contribution is 1.93. The number of hydrogen-bond acceptors (Lipinski definition) is 0.